The summed E-state index contributed by atoms with van der Waals surface area (Å²) in [7, 11) is 1.33. The number of nitrogens with zero attached hydrogens (tertiary/aromatic N) is 4. The van der Waals surface area contributed by atoms with Gasteiger partial charge in [0.25, 0.3) is 17.6 Å². The van der Waals surface area contributed by atoms with E-state index in [-0.39, 0.29) is 28.6 Å². The molecule has 1 saturated carbocycles. The highest BCUT2D eigenvalue weighted by atomic mass is 32.1. The van der Waals surface area contributed by atoms with Crippen LogP contribution in [-0.2, 0) is 4.79 Å². The summed E-state index contributed by atoms with van der Waals surface area (Å²) in [5.74, 6) is -1.98. The number of nitrogens with one attached hydrogen (secondary N) is 1. The van der Waals surface area contributed by atoms with Crippen LogP contribution in [0.15, 0.2) is 30.4 Å². The van der Waals surface area contributed by atoms with Crippen molar-refractivity contribution in [2.45, 2.75) is 31.7 Å². The quantitative estimate of drug-likeness (QED) is 0.602. The Labute approximate surface area is 181 Å². The molecule has 9 heteroatoms. The van der Waals surface area contributed by atoms with Gasteiger partial charge in [0, 0.05) is 12.7 Å². The Balaban J connectivity index is 1.87. The SMILES string of the molecule is [2H]c1cc(C(=O)NC)c(F)c([2H])c1N1C(=S)N(c2cnc([N+]#[C-])c(C)c2)C(=O)C12CCC2. The van der Waals surface area contributed by atoms with Crippen molar-refractivity contribution in [3.63, 3.8) is 0 Å². The molecule has 4 rings (SSSR count). The molecule has 2 amide bonds. The number of aromatic nitrogens is 1. The highest BCUT2D eigenvalue weighted by Crippen LogP contribution is 2.48. The van der Waals surface area contributed by atoms with E-state index in [4.69, 9.17) is 21.5 Å². The van der Waals surface area contributed by atoms with Gasteiger partial charge in [-0.1, -0.05) is 6.57 Å². The van der Waals surface area contributed by atoms with Crippen LogP contribution in [0.1, 0.15) is 37.9 Å². The molecule has 7 nitrogen and oxygen atoms in total. The van der Waals surface area contributed by atoms with Crippen molar-refractivity contribution in [3.05, 3.63) is 58.8 Å². The fraction of sp³-hybridized carbons (Fsp3) is 0.286. The second-order valence-corrected chi connectivity index (χ2v) is 7.52. The molecule has 1 aromatic carbocycles. The molecular weight excluding hydrogens is 405 g/mol. The van der Waals surface area contributed by atoms with E-state index in [2.05, 4.69) is 15.1 Å². The minimum atomic E-state index is -1.13. The second kappa shape index (κ2) is 7.15. The van der Waals surface area contributed by atoms with Crippen molar-refractivity contribution in [2.75, 3.05) is 16.8 Å². The maximum absolute atomic E-state index is 14.9. The van der Waals surface area contributed by atoms with E-state index in [9.17, 15) is 14.0 Å². The monoisotopic (exact) mass is 425 g/mol. The molecule has 0 radical (unpaired) electrons. The van der Waals surface area contributed by atoms with Gasteiger partial charge in [-0.25, -0.2) is 4.39 Å². The largest absolute Gasteiger partial charge is 0.360 e. The van der Waals surface area contributed by atoms with Gasteiger partial charge in [-0.05, 0) is 68.2 Å². The maximum Gasteiger partial charge on any atom is 0.272 e. The van der Waals surface area contributed by atoms with Crippen LogP contribution in [0, 0.1) is 19.3 Å². The summed E-state index contributed by atoms with van der Waals surface area (Å²) in [5, 5.41) is 2.29. The Morgan fingerprint density at radius 2 is 2.20 bits per heavy atom. The minimum Gasteiger partial charge on any atom is -0.360 e. The Morgan fingerprint density at radius 3 is 2.77 bits per heavy atom. The maximum atomic E-state index is 14.9. The van der Waals surface area contributed by atoms with Gasteiger partial charge in [-0.3, -0.25) is 14.5 Å². The number of aryl methyl sites for hydroxylation is 1. The zero-order chi connectivity index (χ0) is 23.4. The van der Waals surface area contributed by atoms with Crippen molar-refractivity contribution in [3.8, 4) is 0 Å². The molecule has 1 aliphatic heterocycles. The molecule has 1 N–H and O–H groups in total. The zero-order valence-corrected chi connectivity index (χ0v) is 17.1. The highest BCUT2D eigenvalue weighted by molar-refractivity contribution is 7.81. The zero-order valence-electron chi connectivity index (χ0n) is 18.2. The Kier molecular flexibility index (Phi) is 4.16. The van der Waals surface area contributed by atoms with Crippen LogP contribution in [0.4, 0.5) is 21.6 Å². The number of hydrogen-bond donors (Lipinski definition) is 1. The summed E-state index contributed by atoms with van der Waals surface area (Å²) in [6, 6.07) is 1.71. The van der Waals surface area contributed by atoms with Gasteiger partial charge in [0.05, 0.1) is 14.0 Å². The number of halogens is 1. The third-order valence-electron chi connectivity index (χ3n) is 5.51. The average molecular weight is 425 g/mol. The smallest absolute Gasteiger partial charge is 0.272 e. The first-order valence-electron chi connectivity index (χ1n) is 10.2. The van der Waals surface area contributed by atoms with E-state index >= 15 is 0 Å². The van der Waals surface area contributed by atoms with Crippen LogP contribution in [-0.4, -0.2) is 34.5 Å². The molecule has 152 valence electrons. The Hall–Kier alpha value is -3.38. The number of benzene rings is 1. The minimum absolute atomic E-state index is 0.000514. The van der Waals surface area contributed by atoms with Gasteiger partial charge >= 0.3 is 0 Å². The molecule has 1 aromatic heterocycles. The molecule has 2 heterocycles. The summed E-state index contributed by atoms with van der Waals surface area (Å²) in [5.41, 5.74) is -0.776. The number of thiocarbonyl (C=S) groups is 1. The Bertz CT molecular complexity index is 1240. The first-order valence-corrected chi connectivity index (χ1v) is 9.63. The van der Waals surface area contributed by atoms with E-state index in [0.717, 1.165) is 12.5 Å². The summed E-state index contributed by atoms with van der Waals surface area (Å²) < 4.78 is 31.7. The fourth-order valence-corrected chi connectivity index (χ4v) is 4.24. The van der Waals surface area contributed by atoms with Crippen LogP contribution in [0.25, 0.3) is 4.85 Å². The molecule has 2 aliphatic rings. The molecular formula is C21H18FN5O2S. The first kappa shape index (κ1) is 17.5. The summed E-state index contributed by atoms with van der Waals surface area (Å²) >= 11 is 5.60. The lowest BCUT2D eigenvalue weighted by Crippen LogP contribution is -2.55. The van der Waals surface area contributed by atoms with E-state index < -0.39 is 28.9 Å². The predicted octanol–water partition coefficient (Wildman–Crippen LogP) is 3.50. The van der Waals surface area contributed by atoms with Crippen LogP contribution >= 0.6 is 12.2 Å². The van der Waals surface area contributed by atoms with Crippen LogP contribution < -0.4 is 15.1 Å². The van der Waals surface area contributed by atoms with Gasteiger partial charge in [-0.2, -0.15) is 0 Å². The Morgan fingerprint density at radius 1 is 1.47 bits per heavy atom. The van der Waals surface area contributed by atoms with Gasteiger partial charge in [0.1, 0.15) is 17.6 Å². The lowest BCUT2D eigenvalue weighted by Gasteiger charge is -2.43. The van der Waals surface area contributed by atoms with Crippen LogP contribution in [0.3, 0.4) is 0 Å². The molecule has 1 spiro atoms. The third-order valence-corrected chi connectivity index (χ3v) is 5.87. The molecule has 30 heavy (non-hydrogen) atoms. The second-order valence-electron chi connectivity index (χ2n) is 7.16. The van der Waals surface area contributed by atoms with Crippen molar-refractivity contribution < 1.29 is 16.7 Å². The lowest BCUT2D eigenvalue weighted by atomic mass is 9.75. The number of anilines is 2. The van der Waals surface area contributed by atoms with Gasteiger partial charge < -0.3 is 15.1 Å². The summed E-state index contributed by atoms with van der Waals surface area (Å²) in [6.45, 7) is 8.86. The fourth-order valence-electron chi connectivity index (χ4n) is 3.78. The predicted molar refractivity (Wildman–Crippen MR) is 114 cm³/mol. The number of hydrogen-bond acceptors (Lipinski definition) is 4. The van der Waals surface area contributed by atoms with E-state index in [1.807, 2.05) is 0 Å². The lowest BCUT2D eigenvalue weighted by molar-refractivity contribution is -0.123. The van der Waals surface area contributed by atoms with Gasteiger partial charge in [-0.15, -0.1) is 4.98 Å². The van der Waals surface area contributed by atoms with Crippen molar-refractivity contribution in [1.29, 1.82) is 0 Å². The first-order chi connectivity index (χ1) is 15.2. The van der Waals surface area contributed by atoms with Crippen molar-refractivity contribution >= 4 is 46.3 Å². The van der Waals surface area contributed by atoms with E-state index in [1.165, 1.54) is 23.0 Å². The molecule has 1 saturated heterocycles. The van der Waals surface area contributed by atoms with E-state index in [1.54, 1.807) is 13.0 Å². The summed E-state index contributed by atoms with van der Waals surface area (Å²) in [6.07, 6.45) is 2.95. The molecule has 0 unspecified atom stereocenters. The number of amides is 2. The highest BCUT2D eigenvalue weighted by Gasteiger charge is 2.59. The molecule has 1 aliphatic carbocycles. The normalized spacial score (nSPS) is 18.1. The van der Waals surface area contributed by atoms with Gasteiger partial charge in [0.2, 0.25) is 0 Å². The number of pyridine rings is 1. The molecule has 2 aromatic rings. The molecule has 0 atom stereocenters. The average Bonchev–Trinajstić information content (AvgIpc) is 2.97. The third kappa shape index (κ3) is 2.75. The van der Waals surface area contributed by atoms with Crippen molar-refractivity contribution in [1.82, 2.24) is 10.3 Å². The van der Waals surface area contributed by atoms with E-state index in [0.29, 0.717) is 24.1 Å². The van der Waals surface area contributed by atoms with Crippen LogP contribution in [0.2, 0.25) is 0 Å². The van der Waals surface area contributed by atoms with Crippen molar-refractivity contribution in [2.24, 2.45) is 0 Å². The summed E-state index contributed by atoms with van der Waals surface area (Å²) in [4.78, 5) is 35.5. The van der Waals surface area contributed by atoms with Crippen LogP contribution in [0.5, 0.6) is 0 Å². The number of carbonyl (C=O) groups is 2. The number of carbonyl (C=O) groups excluding carboxylic acids is 2. The molecule has 2 fully saturated rings. The number of rotatable bonds is 3. The van der Waals surface area contributed by atoms with Gasteiger partial charge in [0.15, 0.2) is 5.11 Å². The topological polar surface area (TPSA) is 69.9 Å². The molecule has 0 bridgehead atoms. The standard InChI is InChI=1S/C21H18FN5O2S/c1-12-9-14(11-25-17(12)23-2)26-19(29)21(7-4-8-21)27(20(26)30)13-5-6-15(16(22)10-13)18(28)24-3/h5-6,9-11H,4,7-8H2,1,3H3,(H,24,28)/i5D,10D.